The Morgan fingerprint density at radius 3 is 2.64 bits per heavy atom. The highest BCUT2D eigenvalue weighted by Crippen LogP contribution is 2.25. The first-order valence-corrected chi connectivity index (χ1v) is 8.38. The van der Waals surface area contributed by atoms with Crippen LogP contribution in [0, 0.1) is 0 Å². The van der Waals surface area contributed by atoms with E-state index in [-0.39, 0.29) is 12.5 Å². The summed E-state index contributed by atoms with van der Waals surface area (Å²) in [6, 6.07) is 12.6. The van der Waals surface area contributed by atoms with E-state index in [0.717, 1.165) is 12.8 Å². The van der Waals surface area contributed by atoms with E-state index in [1.165, 1.54) is 31.1 Å². The number of carbonyl (C=O) groups excluding carboxylic acids is 2. The van der Waals surface area contributed by atoms with E-state index < -0.39 is 5.97 Å². The van der Waals surface area contributed by atoms with E-state index in [9.17, 15) is 9.59 Å². The molecule has 0 unspecified atom stereocenters. The molecule has 25 heavy (non-hydrogen) atoms. The van der Waals surface area contributed by atoms with Gasteiger partial charge < -0.3 is 14.8 Å². The molecule has 1 aliphatic carbocycles. The zero-order valence-corrected chi connectivity index (χ0v) is 14.2. The molecule has 0 spiro atoms. The Kier molecular flexibility index (Phi) is 5.33. The number of anilines is 1. The third-order valence-electron chi connectivity index (χ3n) is 4.26. The van der Waals surface area contributed by atoms with Gasteiger partial charge in [-0.25, -0.2) is 4.79 Å². The molecule has 1 aliphatic rings. The van der Waals surface area contributed by atoms with Crippen LogP contribution in [0.5, 0.6) is 5.75 Å². The highest BCUT2D eigenvalue weighted by molar-refractivity contribution is 5.95. The van der Waals surface area contributed by atoms with Crippen LogP contribution in [0.25, 0.3) is 0 Å². The zero-order valence-electron chi connectivity index (χ0n) is 14.2. The van der Waals surface area contributed by atoms with Crippen LogP contribution >= 0.6 is 0 Å². The van der Waals surface area contributed by atoms with Crippen molar-refractivity contribution in [2.45, 2.75) is 25.7 Å². The minimum Gasteiger partial charge on any atom is -0.484 e. The molecule has 1 N–H and O–H groups in total. The lowest BCUT2D eigenvalue weighted by Gasteiger charge is -2.16. The molecule has 0 fully saturated rings. The SMILES string of the molecule is COC(=O)c1cccc(NC(=O)COc2ccc3c(c2)CCCC3)c1. The van der Waals surface area contributed by atoms with Crippen LogP contribution in [0.15, 0.2) is 42.5 Å². The highest BCUT2D eigenvalue weighted by Gasteiger charge is 2.11. The first-order valence-electron chi connectivity index (χ1n) is 8.38. The molecule has 130 valence electrons. The lowest BCUT2D eigenvalue weighted by molar-refractivity contribution is -0.118. The maximum absolute atomic E-state index is 12.1. The Hall–Kier alpha value is -2.82. The molecule has 0 atom stereocenters. The fourth-order valence-corrected chi connectivity index (χ4v) is 2.99. The van der Waals surface area contributed by atoms with E-state index in [2.05, 4.69) is 16.1 Å². The summed E-state index contributed by atoms with van der Waals surface area (Å²) in [5.41, 5.74) is 3.61. The van der Waals surface area contributed by atoms with Crippen molar-refractivity contribution < 1.29 is 19.1 Å². The van der Waals surface area contributed by atoms with Crippen molar-refractivity contribution in [3.8, 4) is 5.75 Å². The van der Waals surface area contributed by atoms with Crippen LogP contribution in [0.1, 0.15) is 34.3 Å². The average molecular weight is 339 g/mol. The number of hydrogen-bond donors (Lipinski definition) is 1. The zero-order chi connectivity index (χ0) is 17.6. The average Bonchev–Trinajstić information content (AvgIpc) is 2.65. The molecule has 0 aliphatic heterocycles. The number of rotatable bonds is 5. The lowest BCUT2D eigenvalue weighted by atomic mass is 9.92. The molecule has 2 aromatic carbocycles. The second-order valence-electron chi connectivity index (χ2n) is 6.05. The third-order valence-corrected chi connectivity index (χ3v) is 4.26. The van der Waals surface area contributed by atoms with Gasteiger partial charge in [0.25, 0.3) is 5.91 Å². The summed E-state index contributed by atoms with van der Waals surface area (Å²) < 4.78 is 10.3. The number of methoxy groups -OCH3 is 1. The summed E-state index contributed by atoms with van der Waals surface area (Å²) in [7, 11) is 1.32. The van der Waals surface area contributed by atoms with Gasteiger partial charge in [0, 0.05) is 5.69 Å². The topological polar surface area (TPSA) is 64.6 Å². The van der Waals surface area contributed by atoms with Crippen molar-refractivity contribution in [2.75, 3.05) is 19.0 Å². The van der Waals surface area contributed by atoms with Crippen LogP contribution in [0.3, 0.4) is 0 Å². The number of hydrogen-bond acceptors (Lipinski definition) is 4. The molecule has 0 radical (unpaired) electrons. The summed E-state index contributed by atoms with van der Waals surface area (Å²) in [5.74, 6) is -0.0137. The van der Waals surface area contributed by atoms with Crippen molar-refractivity contribution in [1.29, 1.82) is 0 Å². The van der Waals surface area contributed by atoms with Gasteiger partial charge in [0.2, 0.25) is 0 Å². The predicted molar refractivity (Wildman–Crippen MR) is 95.0 cm³/mol. The van der Waals surface area contributed by atoms with Gasteiger partial charge in [-0.3, -0.25) is 4.79 Å². The van der Waals surface area contributed by atoms with E-state index in [4.69, 9.17) is 4.74 Å². The normalized spacial score (nSPS) is 12.8. The van der Waals surface area contributed by atoms with E-state index >= 15 is 0 Å². The summed E-state index contributed by atoms with van der Waals surface area (Å²) in [6.07, 6.45) is 4.62. The quantitative estimate of drug-likeness (QED) is 0.848. The van der Waals surface area contributed by atoms with Gasteiger partial charge in [0.1, 0.15) is 5.75 Å². The third kappa shape index (κ3) is 4.38. The van der Waals surface area contributed by atoms with Gasteiger partial charge in [-0.2, -0.15) is 0 Å². The maximum Gasteiger partial charge on any atom is 0.337 e. The number of esters is 1. The Labute approximate surface area is 147 Å². The van der Waals surface area contributed by atoms with Gasteiger partial charge in [-0.1, -0.05) is 12.1 Å². The molecule has 5 heteroatoms. The number of aryl methyl sites for hydroxylation is 2. The standard InChI is InChI=1S/C20H21NO4/c1-24-20(23)16-7-4-8-17(11-16)21-19(22)13-25-18-10-9-14-5-2-3-6-15(14)12-18/h4,7-12H,2-3,5-6,13H2,1H3,(H,21,22). The Morgan fingerprint density at radius 2 is 1.84 bits per heavy atom. The first kappa shape index (κ1) is 17.0. The van der Waals surface area contributed by atoms with Crippen molar-refractivity contribution in [1.82, 2.24) is 0 Å². The number of amides is 1. The lowest BCUT2D eigenvalue weighted by Crippen LogP contribution is -2.20. The fraction of sp³-hybridized carbons (Fsp3) is 0.300. The second-order valence-corrected chi connectivity index (χ2v) is 6.05. The largest absolute Gasteiger partial charge is 0.484 e. The molecule has 0 bridgehead atoms. The fourth-order valence-electron chi connectivity index (χ4n) is 2.99. The van der Waals surface area contributed by atoms with Gasteiger partial charge in [0.15, 0.2) is 6.61 Å². The second kappa shape index (κ2) is 7.83. The minimum atomic E-state index is -0.443. The first-order chi connectivity index (χ1) is 12.2. The Morgan fingerprint density at radius 1 is 1.04 bits per heavy atom. The molecule has 0 saturated carbocycles. The molecule has 0 saturated heterocycles. The van der Waals surface area contributed by atoms with Crippen LogP contribution in [0.2, 0.25) is 0 Å². The van der Waals surface area contributed by atoms with Crippen molar-refractivity contribution in [2.24, 2.45) is 0 Å². The number of fused-ring (bicyclic) bond motifs is 1. The molecule has 0 heterocycles. The van der Waals surface area contributed by atoms with Crippen molar-refractivity contribution >= 4 is 17.6 Å². The van der Waals surface area contributed by atoms with Gasteiger partial charge >= 0.3 is 5.97 Å². The van der Waals surface area contributed by atoms with Crippen LogP contribution < -0.4 is 10.1 Å². The summed E-state index contributed by atoms with van der Waals surface area (Å²) in [5, 5.41) is 2.72. The summed E-state index contributed by atoms with van der Waals surface area (Å²) in [4.78, 5) is 23.6. The number of nitrogens with one attached hydrogen (secondary N) is 1. The van der Waals surface area contributed by atoms with Crippen LogP contribution in [-0.2, 0) is 22.4 Å². The minimum absolute atomic E-state index is 0.0821. The van der Waals surface area contributed by atoms with Gasteiger partial charge in [-0.05, 0) is 67.1 Å². The molecular formula is C20H21NO4. The smallest absolute Gasteiger partial charge is 0.337 e. The number of benzene rings is 2. The summed E-state index contributed by atoms with van der Waals surface area (Å²) in [6.45, 7) is -0.0821. The Balaban J connectivity index is 1.57. The van der Waals surface area contributed by atoms with Crippen LogP contribution in [0.4, 0.5) is 5.69 Å². The molecule has 5 nitrogen and oxygen atoms in total. The molecule has 0 aromatic heterocycles. The summed E-state index contributed by atoms with van der Waals surface area (Å²) >= 11 is 0. The molecule has 3 rings (SSSR count). The van der Waals surface area contributed by atoms with E-state index in [1.807, 2.05) is 12.1 Å². The number of ether oxygens (including phenoxy) is 2. The van der Waals surface area contributed by atoms with Crippen LogP contribution in [-0.4, -0.2) is 25.6 Å². The monoisotopic (exact) mass is 339 g/mol. The predicted octanol–water partition coefficient (Wildman–Crippen LogP) is 3.37. The van der Waals surface area contributed by atoms with E-state index in [1.54, 1.807) is 24.3 Å². The van der Waals surface area contributed by atoms with E-state index in [0.29, 0.717) is 17.0 Å². The van der Waals surface area contributed by atoms with Crippen molar-refractivity contribution in [3.05, 3.63) is 59.2 Å². The number of carbonyl (C=O) groups is 2. The molecular weight excluding hydrogens is 318 g/mol. The molecule has 1 amide bonds. The van der Waals surface area contributed by atoms with Gasteiger partial charge in [0.05, 0.1) is 12.7 Å². The van der Waals surface area contributed by atoms with Crippen molar-refractivity contribution in [3.63, 3.8) is 0 Å². The maximum atomic E-state index is 12.1. The molecule has 2 aromatic rings. The van der Waals surface area contributed by atoms with Gasteiger partial charge in [-0.15, -0.1) is 0 Å². The Bertz CT molecular complexity index is 785. The highest BCUT2D eigenvalue weighted by atomic mass is 16.5.